The van der Waals surface area contributed by atoms with Gasteiger partial charge in [0.1, 0.15) is 0 Å². The standard InChI is InChI=1S/C13H8Br2F3NOS/c14-10-3-1-7(5-9(10)13(16,17)18)12(20)19-6-8-2-4-11(15)21-8/h1-5H,6H2,(H,19,20). The molecule has 1 aromatic carbocycles. The molecule has 2 aromatic rings. The van der Waals surface area contributed by atoms with Gasteiger partial charge in [0.2, 0.25) is 0 Å². The van der Waals surface area contributed by atoms with Crippen LogP contribution in [0.25, 0.3) is 0 Å². The van der Waals surface area contributed by atoms with Gasteiger partial charge in [-0.1, -0.05) is 15.9 Å². The predicted molar refractivity (Wildman–Crippen MR) is 82.3 cm³/mol. The Hall–Kier alpha value is -0.860. The monoisotopic (exact) mass is 441 g/mol. The molecule has 0 aliphatic rings. The molecular weight excluding hydrogens is 435 g/mol. The van der Waals surface area contributed by atoms with Gasteiger partial charge in [-0.15, -0.1) is 11.3 Å². The van der Waals surface area contributed by atoms with Crippen molar-refractivity contribution in [2.75, 3.05) is 0 Å². The summed E-state index contributed by atoms with van der Waals surface area (Å²) in [6, 6.07) is 7.08. The summed E-state index contributed by atoms with van der Waals surface area (Å²) >= 11 is 7.59. The highest BCUT2D eigenvalue weighted by Crippen LogP contribution is 2.35. The molecule has 2 rings (SSSR count). The van der Waals surface area contributed by atoms with E-state index in [0.29, 0.717) is 0 Å². The molecule has 0 unspecified atom stereocenters. The van der Waals surface area contributed by atoms with E-state index >= 15 is 0 Å². The number of hydrogen-bond acceptors (Lipinski definition) is 2. The fourth-order valence-corrected chi connectivity index (χ4v) is 3.49. The van der Waals surface area contributed by atoms with Gasteiger partial charge in [0.25, 0.3) is 5.91 Å². The lowest BCUT2D eigenvalue weighted by Crippen LogP contribution is -2.23. The smallest absolute Gasteiger partial charge is 0.347 e. The van der Waals surface area contributed by atoms with Gasteiger partial charge in [-0.3, -0.25) is 4.79 Å². The van der Waals surface area contributed by atoms with Crippen LogP contribution in [-0.4, -0.2) is 5.91 Å². The predicted octanol–water partition coefficient (Wildman–Crippen LogP) is 5.22. The van der Waals surface area contributed by atoms with E-state index in [1.54, 1.807) is 0 Å². The fraction of sp³-hybridized carbons (Fsp3) is 0.154. The van der Waals surface area contributed by atoms with Crippen LogP contribution in [0, 0.1) is 0 Å². The first-order valence-electron chi connectivity index (χ1n) is 5.66. The summed E-state index contributed by atoms with van der Waals surface area (Å²) in [5.41, 5.74) is -0.893. The van der Waals surface area contributed by atoms with Crippen LogP contribution in [0.5, 0.6) is 0 Å². The summed E-state index contributed by atoms with van der Waals surface area (Å²) < 4.78 is 39.2. The molecule has 0 aliphatic carbocycles. The van der Waals surface area contributed by atoms with Gasteiger partial charge in [0, 0.05) is 14.9 Å². The summed E-state index contributed by atoms with van der Waals surface area (Å²) in [7, 11) is 0. The number of alkyl halides is 3. The maximum atomic E-state index is 12.8. The van der Waals surface area contributed by atoms with Gasteiger partial charge < -0.3 is 5.32 Å². The van der Waals surface area contributed by atoms with Crippen LogP contribution in [0.2, 0.25) is 0 Å². The molecule has 8 heteroatoms. The lowest BCUT2D eigenvalue weighted by molar-refractivity contribution is -0.138. The molecule has 1 amide bonds. The molecule has 1 N–H and O–H groups in total. The molecule has 112 valence electrons. The molecule has 0 saturated carbocycles. The average Bonchev–Trinajstić information content (AvgIpc) is 2.81. The lowest BCUT2D eigenvalue weighted by Gasteiger charge is -2.11. The van der Waals surface area contributed by atoms with E-state index in [1.807, 2.05) is 12.1 Å². The zero-order valence-electron chi connectivity index (χ0n) is 10.3. The molecule has 21 heavy (non-hydrogen) atoms. The highest BCUT2D eigenvalue weighted by molar-refractivity contribution is 9.11. The number of halogens is 5. The van der Waals surface area contributed by atoms with Gasteiger partial charge in [-0.05, 0) is 46.3 Å². The third kappa shape index (κ3) is 4.31. The number of rotatable bonds is 3. The van der Waals surface area contributed by atoms with Crippen molar-refractivity contribution in [3.05, 3.63) is 54.6 Å². The number of carbonyl (C=O) groups excluding carboxylic acids is 1. The van der Waals surface area contributed by atoms with Crippen molar-refractivity contribution in [2.24, 2.45) is 0 Å². The van der Waals surface area contributed by atoms with Gasteiger partial charge in [0.05, 0.1) is 15.9 Å². The summed E-state index contributed by atoms with van der Waals surface area (Å²) in [5, 5.41) is 2.59. The number of thiophene rings is 1. The molecule has 0 aliphatic heterocycles. The Balaban J connectivity index is 2.12. The molecule has 0 spiro atoms. The highest BCUT2D eigenvalue weighted by Gasteiger charge is 2.33. The topological polar surface area (TPSA) is 29.1 Å². The SMILES string of the molecule is O=C(NCc1ccc(Br)s1)c1ccc(Br)c(C(F)(F)F)c1. The van der Waals surface area contributed by atoms with Crippen molar-refractivity contribution in [1.29, 1.82) is 0 Å². The van der Waals surface area contributed by atoms with Crippen molar-refractivity contribution in [2.45, 2.75) is 12.7 Å². The second-order valence-corrected chi connectivity index (χ2v) is 7.48. The third-order valence-corrected chi connectivity index (χ3v) is 4.90. The average molecular weight is 443 g/mol. The van der Waals surface area contributed by atoms with Gasteiger partial charge >= 0.3 is 6.18 Å². The molecule has 0 bridgehead atoms. The summed E-state index contributed by atoms with van der Waals surface area (Å²) in [6.45, 7) is 0.270. The van der Waals surface area contributed by atoms with Crippen molar-refractivity contribution < 1.29 is 18.0 Å². The maximum Gasteiger partial charge on any atom is 0.417 e. The van der Waals surface area contributed by atoms with E-state index in [-0.39, 0.29) is 16.6 Å². The van der Waals surface area contributed by atoms with Crippen LogP contribution in [0.4, 0.5) is 13.2 Å². The van der Waals surface area contributed by atoms with Gasteiger partial charge in [-0.2, -0.15) is 13.2 Å². The fourth-order valence-electron chi connectivity index (χ4n) is 1.60. The van der Waals surface area contributed by atoms with Crippen molar-refractivity contribution in [1.82, 2.24) is 5.32 Å². The molecule has 2 nitrogen and oxygen atoms in total. The maximum absolute atomic E-state index is 12.8. The number of amides is 1. The van der Waals surface area contributed by atoms with Crippen LogP contribution in [-0.2, 0) is 12.7 Å². The minimum absolute atomic E-state index is 0.0267. The second-order valence-electron chi connectivity index (χ2n) is 4.08. The molecular formula is C13H8Br2F3NOS. The highest BCUT2D eigenvalue weighted by atomic mass is 79.9. The van der Waals surface area contributed by atoms with Crippen LogP contribution in [0.3, 0.4) is 0 Å². The van der Waals surface area contributed by atoms with Crippen LogP contribution >= 0.6 is 43.2 Å². The zero-order chi connectivity index (χ0) is 15.6. The Bertz CT molecular complexity index is 670. The Morgan fingerprint density at radius 3 is 2.48 bits per heavy atom. The Labute approximate surface area is 139 Å². The van der Waals surface area contributed by atoms with Crippen molar-refractivity contribution in [3.63, 3.8) is 0 Å². The summed E-state index contributed by atoms with van der Waals surface area (Å²) in [6.07, 6.45) is -4.51. The van der Waals surface area contributed by atoms with E-state index < -0.39 is 17.6 Å². The van der Waals surface area contributed by atoms with E-state index in [0.717, 1.165) is 14.7 Å². The Morgan fingerprint density at radius 1 is 1.19 bits per heavy atom. The first-order valence-corrected chi connectivity index (χ1v) is 8.07. The molecule has 0 fully saturated rings. The molecule has 0 radical (unpaired) electrons. The third-order valence-electron chi connectivity index (χ3n) is 2.59. The second kappa shape index (κ2) is 6.50. The van der Waals surface area contributed by atoms with Gasteiger partial charge in [0.15, 0.2) is 0 Å². The van der Waals surface area contributed by atoms with E-state index in [9.17, 15) is 18.0 Å². The van der Waals surface area contributed by atoms with E-state index in [4.69, 9.17) is 0 Å². The van der Waals surface area contributed by atoms with Crippen molar-refractivity contribution >= 4 is 49.1 Å². The first kappa shape index (κ1) is 16.5. The van der Waals surface area contributed by atoms with Gasteiger partial charge in [-0.25, -0.2) is 0 Å². The molecule has 1 aromatic heterocycles. The Morgan fingerprint density at radius 2 is 1.90 bits per heavy atom. The van der Waals surface area contributed by atoms with Crippen LogP contribution in [0.15, 0.2) is 38.6 Å². The lowest BCUT2D eigenvalue weighted by atomic mass is 10.1. The summed E-state index contributed by atoms with van der Waals surface area (Å²) in [5.74, 6) is -0.544. The molecule has 1 heterocycles. The Kier molecular flexibility index (Phi) is 5.11. The minimum Gasteiger partial charge on any atom is -0.347 e. The minimum atomic E-state index is -4.51. The van der Waals surface area contributed by atoms with E-state index in [1.165, 1.54) is 23.5 Å². The normalized spacial score (nSPS) is 11.5. The zero-order valence-corrected chi connectivity index (χ0v) is 14.3. The molecule has 0 atom stereocenters. The molecule has 0 saturated heterocycles. The quantitative estimate of drug-likeness (QED) is 0.693. The number of benzene rings is 1. The van der Waals surface area contributed by atoms with Crippen LogP contribution in [0.1, 0.15) is 20.8 Å². The number of hydrogen-bond donors (Lipinski definition) is 1. The van der Waals surface area contributed by atoms with Crippen molar-refractivity contribution in [3.8, 4) is 0 Å². The van der Waals surface area contributed by atoms with E-state index in [2.05, 4.69) is 37.2 Å². The first-order chi connectivity index (χ1) is 9.77. The number of carbonyl (C=O) groups is 1. The van der Waals surface area contributed by atoms with Crippen LogP contribution < -0.4 is 5.32 Å². The largest absolute Gasteiger partial charge is 0.417 e. The number of nitrogens with one attached hydrogen (secondary N) is 1. The summed E-state index contributed by atoms with van der Waals surface area (Å²) in [4.78, 5) is 12.8.